The number of nitrogens with one attached hydrogen (secondary N) is 1. The first kappa shape index (κ1) is 20.9. The van der Waals surface area contributed by atoms with E-state index in [-0.39, 0.29) is 12.0 Å². The average molecular weight is 454 g/mol. The van der Waals surface area contributed by atoms with Crippen LogP contribution in [-0.2, 0) is 4.79 Å². The molecule has 168 valence electrons. The van der Waals surface area contributed by atoms with Gasteiger partial charge in [-0.25, -0.2) is 15.0 Å². The fourth-order valence-electron chi connectivity index (χ4n) is 4.68. The van der Waals surface area contributed by atoms with Crippen molar-refractivity contribution in [3.8, 4) is 22.1 Å². The van der Waals surface area contributed by atoms with Gasteiger partial charge in [0.15, 0.2) is 5.75 Å². The van der Waals surface area contributed by atoms with E-state index in [1.54, 1.807) is 38.1 Å². The zero-order valence-electron chi connectivity index (χ0n) is 18.3. The molecule has 1 atom stereocenters. The molecule has 1 amide bonds. The van der Waals surface area contributed by atoms with Gasteiger partial charge in [-0.1, -0.05) is 12.8 Å². The van der Waals surface area contributed by atoms with Crippen molar-refractivity contribution in [3.05, 3.63) is 24.7 Å². The van der Waals surface area contributed by atoms with E-state index in [2.05, 4.69) is 26.3 Å². The van der Waals surface area contributed by atoms with E-state index >= 15 is 0 Å². The van der Waals surface area contributed by atoms with Crippen molar-refractivity contribution in [2.75, 3.05) is 32.6 Å². The van der Waals surface area contributed by atoms with Crippen LogP contribution in [0.1, 0.15) is 32.1 Å². The molecule has 0 bridgehead atoms. The van der Waals surface area contributed by atoms with Gasteiger partial charge in [0, 0.05) is 41.7 Å². The molecule has 32 heavy (non-hydrogen) atoms. The number of likely N-dealkylation sites (tertiary alicyclic amines) is 1. The van der Waals surface area contributed by atoms with Crippen molar-refractivity contribution >= 4 is 33.3 Å². The van der Waals surface area contributed by atoms with Crippen molar-refractivity contribution in [1.82, 2.24) is 19.9 Å². The van der Waals surface area contributed by atoms with E-state index in [1.807, 2.05) is 11.0 Å². The van der Waals surface area contributed by atoms with E-state index in [9.17, 15) is 4.79 Å². The summed E-state index contributed by atoms with van der Waals surface area (Å²) in [6.07, 6.45) is 8.75. The number of carbonyl (C=O) groups is 1. The Kier molecular flexibility index (Phi) is 5.82. The molecule has 3 aromatic rings. The highest BCUT2D eigenvalue weighted by Crippen LogP contribution is 2.38. The number of anilines is 1. The third-order valence-corrected chi connectivity index (χ3v) is 7.48. The van der Waals surface area contributed by atoms with Gasteiger partial charge in [0.05, 0.1) is 19.6 Å². The Balaban J connectivity index is 1.34. The first-order valence-electron chi connectivity index (χ1n) is 11.0. The van der Waals surface area contributed by atoms with Gasteiger partial charge < -0.3 is 19.7 Å². The van der Waals surface area contributed by atoms with Crippen LogP contribution in [0.3, 0.4) is 0 Å². The predicted octanol–water partition coefficient (Wildman–Crippen LogP) is 3.97. The van der Waals surface area contributed by atoms with Crippen molar-refractivity contribution in [2.45, 2.75) is 38.1 Å². The minimum absolute atomic E-state index is 0.199. The second-order valence-electron chi connectivity index (χ2n) is 8.38. The van der Waals surface area contributed by atoms with Gasteiger partial charge in [0.25, 0.3) is 5.88 Å². The van der Waals surface area contributed by atoms with E-state index in [1.165, 1.54) is 12.8 Å². The lowest BCUT2D eigenvalue weighted by Gasteiger charge is -2.21. The fraction of sp³-hybridized carbons (Fsp3) is 0.478. The smallest absolute Gasteiger partial charge is 0.256 e. The topological polar surface area (TPSA) is 89.5 Å². The molecule has 2 aliphatic rings. The van der Waals surface area contributed by atoms with Crippen LogP contribution in [0.2, 0.25) is 0 Å². The second kappa shape index (κ2) is 8.90. The molecule has 5 rings (SSSR count). The Hall–Kier alpha value is -2.94. The molecule has 1 aliphatic carbocycles. The number of hydrogen-bond donors (Lipinski definition) is 1. The minimum atomic E-state index is 0.199. The van der Waals surface area contributed by atoms with Gasteiger partial charge in [0.1, 0.15) is 17.0 Å². The lowest BCUT2D eigenvalue weighted by atomic mass is 10.1. The van der Waals surface area contributed by atoms with Crippen LogP contribution in [-0.4, -0.2) is 59.1 Å². The standard InChI is InChI=1S/C23H27N5O3S/c1-30-18-9-15(11-24-21(18)31-2)19-10-17-20(25-13-26-22(17)32-19)27-16-7-8-28(12-16)23(29)14-5-3-4-6-14/h9-11,13-14,16H,3-8,12H2,1-2H3,(H,25,26,27)/t16-/m0/s1. The van der Waals surface area contributed by atoms with Crippen molar-refractivity contribution < 1.29 is 14.3 Å². The maximum Gasteiger partial charge on any atom is 0.256 e. The van der Waals surface area contributed by atoms with Crippen molar-refractivity contribution in [2.24, 2.45) is 5.92 Å². The second-order valence-corrected chi connectivity index (χ2v) is 9.41. The molecule has 1 aliphatic heterocycles. The molecule has 2 fully saturated rings. The Bertz CT molecular complexity index is 1130. The maximum absolute atomic E-state index is 12.8. The highest BCUT2D eigenvalue weighted by Gasteiger charge is 2.32. The summed E-state index contributed by atoms with van der Waals surface area (Å²) < 4.78 is 10.6. The largest absolute Gasteiger partial charge is 0.491 e. The molecular formula is C23H27N5O3S. The molecule has 0 radical (unpaired) electrons. The van der Waals surface area contributed by atoms with E-state index < -0.39 is 0 Å². The number of aromatic nitrogens is 3. The molecular weight excluding hydrogens is 426 g/mol. The summed E-state index contributed by atoms with van der Waals surface area (Å²) in [6, 6.07) is 4.20. The molecule has 0 spiro atoms. The number of methoxy groups -OCH3 is 2. The molecule has 0 unspecified atom stereocenters. The first-order valence-corrected chi connectivity index (χ1v) is 11.9. The summed E-state index contributed by atoms with van der Waals surface area (Å²) in [7, 11) is 3.17. The SMILES string of the molecule is COc1cc(-c2cc3c(N[C@H]4CCN(C(=O)C5CCCC5)C4)ncnc3s2)cnc1OC. The molecule has 9 heteroatoms. The van der Waals surface area contributed by atoms with E-state index in [0.717, 1.165) is 58.8 Å². The summed E-state index contributed by atoms with van der Waals surface area (Å²) in [5, 5.41) is 4.54. The Morgan fingerprint density at radius 2 is 1.97 bits per heavy atom. The number of carbonyl (C=O) groups excluding carboxylic acids is 1. The van der Waals surface area contributed by atoms with Crippen LogP contribution in [0.4, 0.5) is 5.82 Å². The third kappa shape index (κ3) is 3.97. The Morgan fingerprint density at radius 3 is 2.75 bits per heavy atom. The van der Waals surface area contributed by atoms with Gasteiger partial charge in [-0.05, 0) is 31.4 Å². The number of thiophene rings is 1. The molecule has 1 N–H and O–H groups in total. The molecule has 1 saturated carbocycles. The van der Waals surface area contributed by atoms with Crippen LogP contribution >= 0.6 is 11.3 Å². The summed E-state index contributed by atoms with van der Waals surface area (Å²) in [4.78, 5) is 30.0. The zero-order valence-corrected chi connectivity index (χ0v) is 19.2. The number of hydrogen-bond acceptors (Lipinski definition) is 8. The fourth-order valence-corrected chi connectivity index (χ4v) is 5.66. The van der Waals surface area contributed by atoms with Gasteiger partial charge in [-0.15, -0.1) is 11.3 Å². The summed E-state index contributed by atoms with van der Waals surface area (Å²) >= 11 is 1.59. The predicted molar refractivity (Wildman–Crippen MR) is 124 cm³/mol. The number of amides is 1. The van der Waals surface area contributed by atoms with Crippen molar-refractivity contribution in [3.63, 3.8) is 0 Å². The van der Waals surface area contributed by atoms with Crippen molar-refractivity contribution in [1.29, 1.82) is 0 Å². The van der Waals surface area contributed by atoms with E-state index in [4.69, 9.17) is 9.47 Å². The number of rotatable bonds is 6. The number of fused-ring (bicyclic) bond motifs is 1. The number of ether oxygens (including phenoxy) is 2. The molecule has 8 nitrogen and oxygen atoms in total. The molecule has 0 aromatic carbocycles. The van der Waals surface area contributed by atoms with Gasteiger partial charge in [-0.3, -0.25) is 4.79 Å². The molecule has 4 heterocycles. The summed E-state index contributed by atoms with van der Waals surface area (Å²) in [6.45, 7) is 1.55. The lowest BCUT2D eigenvalue weighted by Crippen LogP contribution is -2.35. The van der Waals surface area contributed by atoms with Crippen LogP contribution in [0.15, 0.2) is 24.7 Å². The number of nitrogens with zero attached hydrogens (tertiary/aromatic N) is 4. The minimum Gasteiger partial charge on any atom is -0.491 e. The quantitative estimate of drug-likeness (QED) is 0.604. The van der Waals surface area contributed by atoms with Gasteiger partial charge in [0.2, 0.25) is 5.91 Å². The maximum atomic E-state index is 12.8. The van der Waals surface area contributed by atoms with Crippen LogP contribution in [0.5, 0.6) is 11.6 Å². The molecule has 1 saturated heterocycles. The Morgan fingerprint density at radius 1 is 1.12 bits per heavy atom. The Labute approximate surface area is 191 Å². The van der Waals surface area contributed by atoms with Gasteiger partial charge >= 0.3 is 0 Å². The molecule has 3 aromatic heterocycles. The monoisotopic (exact) mass is 453 g/mol. The lowest BCUT2D eigenvalue weighted by molar-refractivity contribution is -0.134. The first-order chi connectivity index (χ1) is 15.7. The normalized spacial score (nSPS) is 18.9. The third-order valence-electron chi connectivity index (χ3n) is 6.39. The average Bonchev–Trinajstić information content (AvgIpc) is 3.59. The van der Waals surface area contributed by atoms with Crippen LogP contribution < -0.4 is 14.8 Å². The van der Waals surface area contributed by atoms with Gasteiger partial charge in [-0.2, -0.15) is 0 Å². The summed E-state index contributed by atoms with van der Waals surface area (Å²) in [5.41, 5.74) is 0.936. The van der Waals surface area contributed by atoms with Crippen LogP contribution in [0, 0.1) is 5.92 Å². The number of pyridine rings is 1. The summed E-state index contributed by atoms with van der Waals surface area (Å²) in [5.74, 6) is 2.42. The zero-order chi connectivity index (χ0) is 22.1. The highest BCUT2D eigenvalue weighted by molar-refractivity contribution is 7.21. The van der Waals surface area contributed by atoms with Crippen LogP contribution in [0.25, 0.3) is 20.7 Å². The highest BCUT2D eigenvalue weighted by atomic mass is 32.1. The van der Waals surface area contributed by atoms with E-state index in [0.29, 0.717) is 17.5 Å².